The molecule has 18 heavy (non-hydrogen) atoms. The molecule has 0 unspecified atom stereocenters. The largest absolute Gasteiger partial charge is 0.312 e. The van der Waals surface area contributed by atoms with Gasteiger partial charge in [-0.25, -0.2) is 4.39 Å². The fourth-order valence-corrected chi connectivity index (χ4v) is 3.10. The zero-order chi connectivity index (χ0) is 13.0. The predicted octanol–water partition coefficient (Wildman–Crippen LogP) is 4.64. The van der Waals surface area contributed by atoms with Crippen LogP contribution in [0.5, 0.6) is 0 Å². The van der Waals surface area contributed by atoms with Gasteiger partial charge >= 0.3 is 0 Å². The van der Waals surface area contributed by atoms with Crippen LogP contribution >= 0.6 is 38.9 Å². The normalized spacial score (nSPS) is 10.8. The molecule has 0 atom stereocenters. The number of benzene rings is 1. The van der Waals surface area contributed by atoms with Crippen LogP contribution in [0, 0.1) is 5.82 Å². The molecule has 96 valence electrons. The summed E-state index contributed by atoms with van der Waals surface area (Å²) in [6, 6.07) is 8.89. The van der Waals surface area contributed by atoms with Gasteiger partial charge in [-0.05, 0) is 36.8 Å². The number of rotatable bonds is 5. The summed E-state index contributed by atoms with van der Waals surface area (Å²) in [5.41, 5.74) is 0.675. The van der Waals surface area contributed by atoms with Crippen molar-refractivity contribution >= 4 is 38.9 Å². The Morgan fingerprint density at radius 2 is 2.11 bits per heavy atom. The Kier molecular flexibility index (Phi) is 5.18. The summed E-state index contributed by atoms with van der Waals surface area (Å²) in [7, 11) is 0. The first kappa shape index (κ1) is 14.0. The van der Waals surface area contributed by atoms with Crippen molar-refractivity contribution in [2.45, 2.75) is 13.0 Å². The quantitative estimate of drug-likeness (QED) is 0.777. The number of nitrogens with one attached hydrogen (secondary N) is 1. The maximum atomic E-state index is 13.4. The Balaban J connectivity index is 1.80. The van der Waals surface area contributed by atoms with E-state index in [0.29, 0.717) is 12.1 Å². The van der Waals surface area contributed by atoms with E-state index in [2.05, 4.69) is 21.2 Å². The van der Waals surface area contributed by atoms with E-state index in [1.54, 1.807) is 23.5 Å². The molecular formula is C13H12BrClFNS. The molecule has 5 heteroatoms. The van der Waals surface area contributed by atoms with Crippen molar-refractivity contribution in [3.05, 3.63) is 55.4 Å². The molecule has 0 aliphatic heterocycles. The van der Waals surface area contributed by atoms with E-state index in [1.165, 1.54) is 10.9 Å². The molecule has 1 aromatic heterocycles. The van der Waals surface area contributed by atoms with Crippen molar-refractivity contribution in [1.29, 1.82) is 0 Å². The van der Waals surface area contributed by atoms with E-state index in [0.717, 1.165) is 21.8 Å². The van der Waals surface area contributed by atoms with Crippen molar-refractivity contribution in [3.63, 3.8) is 0 Å². The summed E-state index contributed by atoms with van der Waals surface area (Å²) < 4.78 is 15.1. The highest BCUT2D eigenvalue weighted by Gasteiger charge is 2.03. The molecule has 2 aromatic rings. The minimum atomic E-state index is -0.176. The van der Waals surface area contributed by atoms with Crippen molar-refractivity contribution in [2.75, 3.05) is 6.54 Å². The number of thiophene rings is 1. The lowest BCUT2D eigenvalue weighted by molar-refractivity contribution is 0.588. The highest BCUT2D eigenvalue weighted by atomic mass is 79.9. The summed E-state index contributed by atoms with van der Waals surface area (Å²) >= 11 is 10.8. The van der Waals surface area contributed by atoms with Gasteiger partial charge in [0.1, 0.15) is 5.82 Å². The third-order valence-corrected chi connectivity index (χ3v) is 4.28. The van der Waals surface area contributed by atoms with Crippen molar-refractivity contribution in [1.82, 2.24) is 5.32 Å². The molecular weight excluding hydrogens is 337 g/mol. The maximum absolute atomic E-state index is 13.4. The standard InChI is InChI=1S/C13H12BrClFNS/c14-10-1-3-12(16)9(7-10)8-17-6-5-11-2-4-13(15)18-11/h1-4,7,17H,5-6,8H2. The van der Waals surface area contributed by atoms with E-state index in [1.807, 2.05) is 12.1 Å². The molecule has 1 N–H and O–H groups in total. The lowest BCUT2D eigenvalue weighted by Crippen LogP contribution is -2.17. The van der Waals surface area contributed by atoms with Gasteiger partial charge in [-0.2, -0.15) is 0 Å². The predicted molar refractivity (Wildman–Crippen MR) is 78.8 cm³/mol. The molecule has 1 heterocycles. The van der Waals surface area contributed by atoms with Crippen LogP contribution in [0.1, 0.15) is 10.4 Å². The van der Waals surface area contributed by atoms with Gasteiger partial charge in [-0.3, -0.25) is 0 Å². The van der Waals surface area contributed by atoms with Gasteiger partial charge in [-0.15, -0.1) is 11.3 Å². The van der Waals surface area contributed by atoms with Gasteiger partial charge < -0.3 is 5.32 Å². The summed E-state index contributed by atoms with van der Waals surface area (Å²) in [6.45, 7) is 1.34. The van der Waals surface area contributed by atoms with Crippen molar-refractivity contribution in [2.24, 2.45) is 0 Å². The summed E-state index contributed by atoms with van der Waals surface area (Å²) in [6.07, 6.45) is 0.910. The molecule has 0 bridgehead atoms. The van der Waals surface area contributed by atoms with E-state index >= 15 is 0 Å². The van der Waals surface area contributed by atoms with E-state index in [4.69, 9.17) is 11.6 Å². The van der Waals surface area contributed by atoms with Gasteiger partial charge in [0, 0.05) is 28.0 Å². The Bertz CT molecular complexity index is 529. The second-order valence-corrected chi connectivity index (χ2v) is 6.58. The lowest BCUT2D eigenvalue weighted by Gasteiger charge is -2.06. The molecule has 0 aliphatic carbocycles. The first-order valence-electron chi connectivity index (χ1n) is 5.54. The zero-order valence-corrected chi connectivity index (χ0v) is 12.7. The minimum absolute atomic E-state index is 0.176. The first-order valence-corrected chi connectivity index (χ1v) is 7.53. The summed E-state index contributed by atoms with van der Waals surface area (Å²) in [4.78, 5) is 1.24. The van der Waals surface area contributed by atoms with Crippen LogP contribution < -0.4 is 5.32 Å². The van der Waals surface area contributed by atoms with Crippen LogP contribution in [0.25, 0.3) is 0 Å². The topological polar surface area (TPSA) is 12.0 Å². The summed E-state index contributed by atoms with van der Waals surface area (Å²) in [5.74, 6) is -0.176. The number of halogens is 3. The monoisotopic (exact) mass is 347 g/mol. The molecule has 0 radical (unpaired) electrons. The third-order valence-electron chi connectivity index (χ3n) is 2.50. The molecule has 0 aliphatic rings. The molecule has 0 fully saturated rings. The minimum Gasteiger partial charge on any atom is -0.312 e. The average Bonchev–Trinajstić information content (AvgIpc) is 2.75. The molecule has 1 nitrogen and oxygen atoms in total. The van der Waals surface area contributed by atoms with Crippen LogP contribution in [-0.4, -0.2) is 6.54 Å². The lowest BCUT2D eigenvalue weighted by atomic mass is 10.2. The van der Waals surface area contributed by atoms with Gasteiger partial charge in [0.15, 0.2) is 0 Å². The van der Waals surface area contributed by atoms with Gasteiger partial charge in [0.05, 0.1) is 4.34 Å². The zero-order valence-electron chi connectivity index (χ0n) is 9.55. The molecule has 1 aromatic carbocycles. The van der Waals surface area contributed by atoms with Gasteiger partial charge in [0.2, 0.25) is 0 Å². The van der Waals surface area contributed by atoms with Crippen molar-refractivity contribution < 1.29 is 4.39 Å². The Labute approximate surface area is 123 Å². The summed E-state index contributed by atoms with van der Waals surface area (Å²) in [5, 5.41) is 3.23. The number of hydrogen-bond acceptors (Lipinski definition) is 2. The van der Waals surface area contributed by atoms with E-state index in [-0.39, 0.29) is 5.82 Å². The third kappa shape index (κ3) is 4.05. The second-order valence-electron chi connectivity index (χ2n) is 3.87. The highest BCUT2D eigenvalue weighted by Crippen LogP contribution is 2.21. The van der Waals surface area contributed by atoms with E-state index in [9.17, 15) is 4.39 Å². The Morgan fingerprint density at radius 3 is 2.83 bits per heavy atom. The molecule has 0 spiro atoms. The van der Waals surface area contributed by atoms with Gasteiger partial charge in [-0.1, -0.05) is 27.5 Å². The van der Waals surface area contributed by atoms with Crippen LogP contribution in [-0.2, 0) is 13.0 Å². The highest BCUT2D eigenvalue weighted by molar-refractivity contribution is 9.10. The second kappa shape index (κ2) is 6.66. The Morgan fingerprint density at radius 1 is 1.28 bits per heavy atom. The molecule has 0 saturated carbocycles. The fraction of sp³-hybridized carbons (Fsp3) is 0.231. The molecule has 2 rings (SSSR count). The van der Waals surface area contributed by atoms with Crippen LogP contribution in [0.2, 0.25) is 4.34 Å². The first-order chi connectivity index (χ1) is 8.65. The van der Waals surface area contributed by atoms with E-state index < -0.39 is 0 Å². The van der Waals surface area contributed by atoms with Crippen LogP contribution in [0.4, 0.5) is 4.39 Å². The Hall–Kier alpha value is -0.420. The SMILES string of the molecule is Fc1ccc(Br)cc1CNCCc1ccc(Cl)s1. The van der Waals surface area contributed by atoms with Crippen LogP contribution in [0.3, 0.4) is 0 Å². The smallest absolute Gasteiger partial charge is 0.127 e. The maximum Gasteiger partial charge on any atom is 0.127 e. The van der Waals surface area contributed by atoms with Crippen molar-refractivity contribution in [3.8, 4) is 0 Å². The molecule has 0 amide bonds. The van der Waals surface area contributed by atoms with Gasteiger partial charge in [0.25, 0.3) is 0 Å². The number of hydrogen-bond donors (Lipinski definition) is 1. The fourth-order valence-electron chi connectivity index (χ4n) is 1.60. The molecule has 0 saturated heterocycles. The average molecular weight is 349 g/mol. The van der Waals surface area contributed by atoms with Crippen LogP contribution in [0.15, 0.2) is 34.8 Å².